The van der Waals surface area contributed by atoms with Crippen molar-refractivity contribution in [2.45, 2.75) is 20.8 Å². The largest absolute Gasteiger partial charge is 0.494 e. The van der Waals surface area contributed by atoms with Crippen LogP contribution in [0.5, 0.6) is 5.75 Å². The van der Waals surface area contributed by atoms with Gasteiger partial charge in [0, 0.05) is 10.7 Å². The van der Waals surface area contributed by atoms with Gasteiger partial charge in [0.05, 0.1) is 17.9 Å². The summed E-state index contributed by atoms with van der Waals surface area (Å²) >= 11 is 6.05. The van der Waals surface area contributed by atoms with Gasteiger partial charge in [-0.15, -0.1) is 0 Å². The van der Waals surface area contributed by atoms with Gasteiger partial charge in [-0.1, -0.05) is 35.9 Å². The molecule has 0 aliphatic carbocycles. The van der Waals surface area contributed by atoms with E-state index in [4.69, 9.17) is 16.3 Å². The lowest BCUT2D eigenvalue weighted by Crippen LogP contribution is -2.32. The first kappa shape index (κ1) is 21.7. The highest BCUT2D eigenvalue weighted by molar-refractivity contribution is 6.46. The van der Waals surface area contributed by atoms with Crippen LogP contribution in [0.3, 0.4) is 0 Å². The molecule has 0 aromatic heterocycles. The van der Waals surface area contributed by atoms with Gasteiger partial charge in [0.2, 0.25) is 0 Å². The van der Waals surface area contributed by atoms with Crippen LogP contribution in [0.1, 0.15) is 23.6 Å². The first-order valence-electron chi connectivity index (χ1n) is 10.4. The monoisotopic (exact) mass is 446 g/mol. The predicted octanol–water partition coefficient (Wildman–Crippen LogP) is 5.75. The molecular weight excluding hydrogens is 424 g/mol. The highest BCUT2D eigenvalue weighted by Crippen LogP contribution is 2.35. The third-order valence-corrected chi connectivity index (χ3v) is 5.74. The minimum Gasteiger partial charge on any atom is -0.494 e. The molecule has 0 saturated heterocycles. The lowest BCUT2D eigenvalue weighted by Gasteiger charge is -2.16. The molecule has 3 aromatic rings. The molecule has 2 amide bonds. The summed E-state index contributed by atoms with van der Waals surface area (Å²) in [5.74, 6) is -0.130. The predicted molar refractivity (Wildman–Crippen MR) is 128 cm³/mol. The van der Waals surface area contributed by atoms with Crippen molar-refractivity contribution in [3.63, 3.8) is 0 Å². The SMILES string of the molecule is CCOc1ccc(N2C(=O)C(Nc3cccc(C)c3C)=C(c3ccc(Cl)cc3)C2=O)cc1. The number of benzene rings is 3. The van der Waals surface area contributed by atoms with Crippen molar-refractivity contribution in [2.24, 2.45) is 0 Å². The molecule has 3 aromatic carbocycles. The van der Waals surface area contributed by atoms with Crippen molar-refractivity contribution in [2.75, 3.05) is 16.8 Å². The zero-order valence-corrected chi connectivity index (χ0v) is 18.9. The standard InChI is InChI=1S/C26H23ClN2O3/c1-4-32-21-14-12-20(13-15-21)29-25(30)23(18-8-10-19(27)11-9-18)24(26(29)31)28-22-7-5-6-16(2)17(22)3/h5-15,28H,4H2,1-3H3. The zero-order valence-electron chi connectivity index (χ0n) is 18.1. The second kappa shape index (κ2) is 8.89. The number of amides is 2. The molecule has 0 fully saturated rings. The topological polar surface area (TPSA) is 58.6 Å². The minimum atomic E-state index is -0.412. The van der Waals surface area contributed by atoms with Gasteiger partial charge in [-0.25, -0.2) is 4.90 Å². The van der Waals surface area contributed by atoms with Crippen molar-refractivity contribution in [3.05, 3.63) is 94.1 Å². The quantitative estimate of drug-likeness (QED) is 0.489. The summed E-state index contributed by atoms with van der Waals surface area (Å²) in [5.41, 5.74) is 4.52. The number of halogens is 1. The van der Waals surface area contributed by atoms with Gasteiger partial charge in [-0.3, -0.25) is 9.59 Å². The van der Waals surface area contributed by atoms with E-state index in [2.05, 4.69) is 5.32 Å². The van der Waals surface area contributed by atoms with Crippen molar-refractivity contribution in [1.82, 2.24) is 0 Å². The van der Waals surface area contributed by atoms with Crippen LogP contribution in [0, 0.1) is 13.8 Å². The molecule has 1 aliphatic rings. The summed E-state index contributed by atoms with van der Waals surface area (Å²) in [6, 6.07) is 19.6. The molecule has 1 heterocycles. The van der Waals surface area contributed by atoms with Gasteiger partial charge in [0.15, 0.2) is 0 Å². The summed E-state index contributed by atoms with van der Waals surface area (Å²) in [4.78, 5) is 28.2. The molecule has 0 unspecified atom stereocenters. The Morgan fingerprint density at radius 1 is 0.906 bits per heavy atom. The molecule has 6 heteroatoms. The number of rotatable bonds is 6. The van der Waals surface area contributed by atoms with Crippen LogP contribution in [0.25, 0.3) is 5.57 Å². The Morgan fingerprint density at radius 2 is 1.59 bits per heavy atom. The summed E-state index contributed by atoms with van der Waals surface area (Å²) < 4.78 is 5.48. The fraction of sp³-hybridized carbons (Fsp3) is 0.154. The number of imide groups is 1. The van der Waals surface area contributed by atoms with E-state index >= 15 is 0 Å². The highest BCUT2D eigenvalue weighted by Gasteiger charge is 2.40. The fourth-order valence-electron chi connectivity index (χ4n) is 3.64. The van der Waals surface area contributed by atoms with E-state index in [0.29, 0.717) is 34.2 Å². The Labute approximate surface area is 192 Å². The Balaban J connectivity index is 1.79. The third kappa shape index (κ3) is 3.99. The van der Waals surface area contributed by atoms with Crippen LogP contribution in [0.15, 0.2) is 72.4 Å². The normalized spacial score (nSPS) is 13.7. The number of ether oxygens (including phenoxy) is 1. The summed E-state index contributed by atoms with van der Waals surface area (Å²) in [7, 11) is 0. The lowest BCUT2D eigenvalue weighted by molar-refractivity contribution is -0.120. The maximum absolute atomic E-state index is 13.5. The number of hydrogen-bond acceptors (Lipinski definition) is 4. The minimum absolute atomic E-state index is 0.236. The molecule has 0 spiro atoms. The zero-order chi connectivity index (χ0) is 22.8. The Hall–Kier alpha value is -3.57. The van der Waals surface area contributed by atoms with E-state index in [9.17, 15) is 9.59 Å². The van der Waals surface area contributed by atoms with E-state index < -0.39 is 11.8 Å². The fourth-order valence-corrected chi connectivity index (χ4v) is 3.77. The van der Waals surface area contributed by atoms with Gasteiger partial charge in [0.25, 0.3) is 11.8 Å². The van der Waals surface area contributed by atoms with E-state index in [0.717, 1.165) is 16.8 Å². The molecular formula is C26H23ClN2O3. The van der Waals surface area contributed by atoms with E-state index in [-0.39, 0.29) is 5.70 Å². The lowest BCUT2D eigenvalue weighted by atomic mass is 10.0. The molecule has 5 nitrogen and oxygen atoms in total. The van der Waals surface area contributed by atoms with Crippen LogP contribution < -0.4 is 15.0 Å². The third-order valence-electron chi connectivity index (χ3n) is 5.49. The number of nitrogens with one attached hydrogen (secondary N) is 1. The average molecular weight is 447 g/mol. The summed E-state index contributed by atoms with van der Waals surface area (Å²) in [5, 5.41) is 3.79. The smallest absolute Gasteiger partial charge is 0.282 e. The molecule has 0 atom stereocenters. The van der Waals surface area contributed by atoms with Crippen LogP contribution in [0.2, 0.25) is 5.02 Å². The molecule has 162 valence electrons. The highest BCUT2D eigenvalue weighted by atomic mass is 35.5. The molecule has 32 heavy (non-hydrogen) atoms. The van der Waals surface area contributed by atoms with E-state index in [1.807, 2.05) is 39.0 Å². The first-order valence-corrected chi connectivity index (χ1v) is 10.7. The maximum Gasteiger partial charge on any atom is 0.282 e. The molecule has 0 radical (unpaired) electrons. The summed E-state index contributed by atoms with van der Waals surface area (Å²) in [6.45, 7) is 6.41. The van der Waals surface area contributed by atoms with Crippen molar-refractivity contribution in [1.29, 1.82) is 0 Å². The average Bonchev–Trinajstić information content (AvgIpc) is 3.02. The van der Waals surface area contributed by atoms with Crippen LogP contribution in [-0.4, -0.2) is 18.4 Å². The van der Waals surface area contributed by atoms with E-state index in [1.54, 1.807) is 48.5 Å². The van der Waals surface area contributed by atoms with Crippen LogP contribution >= 0.6 is 11.6 Å². The second-order valence-electron chi connectivity index (χ2n) is 7.50. The number of carbonyl (C=O) groups is 2. The molecule has 1 N–H and O–H groups in total. The van der Waals surface area contributed by atoms with E-state index in [1.165, 1.54) is 4.90 Å². The molecule has 1 aliphatic heterocycles. The first-order chi connectivity index (χ1) is 15.4. The molecule has 0 bridgehead atoms. The van der Waals surface area contributed by atoms with Gasteiger partial charge in [0.1, 0.15) is 11.4 Å². The van der Waals surface area contributed by atoms with Crippen LogP contribution in [0.4, 0.5) is 11.4 Å². The Morgan fingerprint density at radius 3 is 2.25 bits per heavy atom. The number of carbonyl (C=O) groups excluding carboxylic acids is 2. The number of aryl methyl sites for hydroxylation is 1. The number of nitrogens with zero attached hydrogens (tertiary/aromatic N) is 1. The van der Waals surface area contributed by atoms with Gasteiger partial charge < -0.3 is 10.1 Å². The Kier molecular flexibility index (Phi) is 6.01. The van der Waals surface area contributed by atoms with Crippen molar-refractivity contribution >= 4 is 40.4 Å². The van der Waals surface area contributed by atoms with Crippen LogP contribution in [-0.2, 0) is 9.59 Å². The van der Waals surface area contributed by atoms with Gasteiger partial charge in [-0.2, -0.15) is 0 Å². The Bertz CT molecular complexity index is 1210. The van der Waals surface area contributed by atoms with Crippen molar-refractivity contribution in [3.8, 4) is 5.75 Å². The molecule has 0 saturated carbocycles. The van der Waals surface area contributed by atoms with Crippen molar-refractivity contribution < 1.29 is 14.3 Å². The second-order valence-corrected chi connectivity index (χ2v) is 7.94. The maximum atomic E-state index is 13.5. The molecule has 4 rings (SSSR count). The summed E-state index contributed by atoms with van der Waals surface area (Å²) in [6.07, 6.45) is 0. The number of anilines is 2. The van der Waals surface area contributed by atoms with Gasteiger partial charge in [-0.05, 0) is 79.9 Å². The number of hydrogen-bond donors (Lipinski definition) is 1. The van der Waals surface area contributed by atoms with Gasteiger partial charge >= 0.3 is 0 Å².